The zero-order valence-electron chi connectivity index (χ0n) is 19.4. The molecular weight excluding hydrogens is 464 g/mol. The van der Waals surface area contributed by atoms with Crippen LogP contribution in [0.1, 0.15) is 17.9 Å². The number of hydrogen-bond donors (Lipinski definition) is 1. The number of para-hydroxylation sites is 1. The number of piperazine rings is 1. The van der Waals surface area contributed by atoms with Crippen molar-refractivity contribution in [3.63, 3.8) is 0 Å². The van der Waals surface area contributed by atoms with Crippen LogP contribution in [0.4, 0.5) is 0 Å². The zero-order valence-corrected chi connectivity index (χ0v) is 20.3. The number of nitrogens with zero attached hydrogens (tertiary/aromatic N) is 5. The van der Waals surface area contributed by atoms with Crippen LogP contribution in [-0.2, 0) is 17.9 Å². The molecule has 0 spiro atoms. The highest BCUT2D eigenvalue weighted by molar-refractivity contribution is 7.71. The molecule has 2 aromatic carbocycles. The number of hydrogen-bond acceptors (Lipinski definition) is 7. The Balaban J connectivity index is 1.14. The molecule has 0 unspecified atom stereocenters. The third-order valence-corrected chi connectivity index (χ3v) is 6.62. The largest absolute Gasteiger partial charge is 0.340 e. The van der Waals surface area contributed by atoms with Gasteiger partial charge in [-0.05, 0) is 31.3 Å². The van der Waals surface area contributed by atoms with Gasteiger partial charge < -0.3 is 14.4 Å². The van der Waals surface area contributed by atoms with Crippen molar-refractivity contribution in [2.45, 2.75) is 26.4 Å². The summed E-state index contributed by atoms with van der Waals surface area (Å²) in [4.78, 5) is 37.2. The molecule has 0 radical (unpaired) electrons. The minimum atomic E-state index is -0.175. The number of nitrogens with one attached hydrogen (secondary N) is 1. The van der Waals surface area contributed by atoms with Crippen LogP contribution in [0, 0.1) is 11.7 Å². The topological polar surface area (TPSA) is 100 Å². The third-order valence-electron chi connectivity index (χ3n) is 6.30. The average molecular weight is 491 g/mol. The van der Waals surface area contributed by atoms with E-state index in [2.05, 4.69) is 20.0 Å². The van der Waals surface area contributed by atoms with Crippen LogP contribution in [-0.4, -0.2) is 61.6 Å². The number of aryl methyl sites for hydroxylation is 1. The lowest BCUT2D eigenvalue weighted by Crippen LogP contribution is -2.48. The molecule has 180 valence electrons. The predicted octanol–water partition coefficient (Wildman–Crippen LogP) is 3.15. The molecule has 0 bridgehead atoms. The van der Waals surface area contributed by atoms with E-state index in [1.54, 1.807) is 6.07 Å². The third kappa shape index (κ3) is 5.08. The van der Waals surface area contributed by atoms with Crippen molar-refractivity contribution in [2.75, 3.05) is 26.2 Å². The average Bonchev–Trinajstić information content (AvgIpc) is 3.33. The highest BCUT2D eigenvalue weighted by Crippen LogP contribution is 2.17. The zero-order chi connectivity index (χ0) is 24.4. The number of carbonyl (C=O) groups excluding carboxylic acids is 1. The Hall–Kier alpha value is -3.63. The molecule has 0 atom stereocenters. The Morgan fingerprint density at radius 2 is 1.83 bits per heavy atom. The molecule has 10 heteroatoms. The Kier molecular flexibility index (Phi) is 6.56. The van der Waals surface area contributed by atoms with Crippen molar-refractivity contribution >= 4 is 29.0 Å². The number of carbonyl (C=O) groups is 1. The maximum Gasteiger partial charge on any atom is 0.262 e. The van der Waals surface area contributed by atoms with Gasteiger partial charge in [0.15, 0.2) is 4.77 Å². The van der Waals surface area contributed by atoms with Gasteiger partial charge in [0.1, 0.15) is 0 Å². The summed E-state index contributed by atoms with van der Waals surface area (Å²) in [6.45, 7) is 5.47. The first-order valence-corrected chi connectivity index (χ1v) is 12.0. The first kappa shape index (κ1) is 23.1. The number of benzene rings is 2. The van der Waals surface area contributed by atoms with Crippen LogP contribution in [0.3, 0.4) is 0 Å². The van der Waals surface area contributed by atoms with Gasteiger partial charge in [0.25, 0.3) is 5.56 Å². The van der Waals surface area contributed by atoms with Crippen LogP contribution >= 0.6 is 12.2 Å². The summed E-state index contributed by atoms with van der Waals surface area (Å²) in [5.74, 6) is 1.15. The second-order valence-corrected chi connectivity index (χ2v) is 9.10. The minimum absolute atomic E-state index is 0.0126. The molecule has 0 aliphatic carbocycles. The van der Waals surface area contributed by atoms with E-state index in [0.29, 0.717) is 60.1 Å². The molecule has 1 aliphatic heterocycles. The molecule has 1 N–H and O–H groups in total. The molecule has 1 aliphatic rings. The lowest BCUT2D eigenvalue weighted by atomic mass is 10.1. The van der Waals surface area contributed by atoms with Crippen molar-refractivity contribution < 1.29 is 9.32 Å². The van der Waals surface area contributed by atoms with E-state index in [0.717, 1.165) is 5.56 Å². The number of amides is 1. The van der Waals surface area contributed by atoms with E-state index in [1.165, 1.54) is 10.1 Å². The maximum atomic E-state index is 12.8. The van der Waals surface area contributed by atoms with Gasteiger partial charge in [-0.3, -0.25) is 19.1 Å². The van der Waals surface area contributed by atoms with Crippen molar-refractivity contribution in [3.05, 3.63) is 75.1 Å². The molecule has 1 saturated heterocycles. The van der Waals surface area contributed by atoms with Crippen molar-refractivity contribution in [3.8, 4) is 11.4 Å². The summed E-state index contributed by atoms with van der Waals surface area (Å²) in [7, 11) is 0. The van der Waals surface area contributed by atoms with Gasteiger partial charge in [0, 0.05) is 44.7 Å². The molecule has 35 heavy (non-hydrogen) atoms. The molecule has 1 fully saturated rings. The van der Waals surface area contributed by atoms with Crippen LogP contribution in [0.5, 0.6) is 0 Å². The fourth-order valence-electron chi connectivity index (χ4n) is 4.25. The molecule has 2 aromatic heterocycles. The number of aromatic nitrogens is 4. The monoisotopic (exact) mass is 490 g/mol. The van der Waals surface area contributed by atoms with Crippen molar-refractivity contribution in [1.29, 1.82) is 0 Å². The van der Waals surface area contributed by atoms with Crippen LogP contribution in [0.25, 0.3) is 22.3 Å². The number of H-pyrrole nitrogens is 1. The molecule has 4 aromatic rings. The summed E-state index contributed by atoms with van der Waals surface area (Å²) in [6.07, 6.45) is 0.222. The number of aromatic amines is 1. The molecule has 3 heterocycles. The van der Waals surface area contributed by atoms with Crippen LogP contribution in [0.15, 0.2) is 57.8 Å². The highest BCUT2D eigenvalue weighted by Gasteiger charge is 2.23. The Morgan fingerprint density at radius 1 is 1.09 bits per heavy atom. The second-order valence-electron chi connectivity index (χ2n) is 8.72. The van der Waals surface area contributed by atoms with E-state index >= 15 is 0 Å². The van der Waals surface area contributed by atoms with Crippen LogP contribution < -0.4 is 5.56 Å². The normalized spacial score (nSPS) is 14.5. The van der Waals surface area contributed by atoms with Gasteiger partial charge in [-0.2, -0.15) is 4.98 Å². The molecule has 9 nitrogen and oxygen atoms in total. The quantitative estimate of drug-likeness (QED) is 0.415. The number of fused-ring (bicyclic) bond motifs is 1. The molecule has 0 saturated carbocycles. The number of rotatable bonds is 6. The SMILES string of the molecule is Cc1ccc(-c2noc(CN3CCN(C(=O)CCn4c(=S)[nH]c5ccccc5c4=O)CC3)n2)cc1. The summed E-state index contributed by atoms with van der Waals surface area (Å²) in [6, 6.07) is 15.2. The van der Waals surface area contributed by atoms with Gasteiger partial charge in [-0.1, -0.05) is 47.1 Å². The van der Waals surface area contributed by atoms with Gasteiger partial charge in [0.2, 0.25) is 17.6 Å². The summed E-state index contributed by atoms with van der Waals surface area (Å²) in [5, 5.41) is 4.66. The van der Waals surface area contributed by atoms with E-state index in [4.69, 9.17) is 16.7 Å². The maximum absolute atomic E-state index is 12.8. The predicted molar refractivity (Wildman–Crippen MR) is 134 cm³/mol. The summed E-state index contributed by atoms with van der Waals surface area (Å²) >= 11 is 5.35. The lowest BCUT2D eigenvalue weighted by molar-refractivity contribution is -0.133. The Labute approximate surface area is 207 Å². The van der Waals surface area contributed by atoms with Gasteiger partial charge in [-0.15, -0.1) is 0 Å². The minimum Gasteiger partial charge on any atom is -0.340 e. The second kappa shape index (κ2) is 9.93. The van der Waals surface area contributed by atoms with Gasteiger partial charge in [-0.25, -0.2) is 0 Å². The smallest absolute Gasteiger partial charge is 0.262 e. The van der Waals surface area contributed by atoms with E-state index < -0.39 is 0 Å². The van der Waals surface area contributed by atoms with E-state index in [1.807, 2.05) is 54.3 Å². The first-order chi connectivity index (χ1) is 17.0. The van der Waals surface area contributed by atoms with Crippen LogP contribution in [0.2, 0.25) is 0 Å². The molecule has 1 amide bonds. The van der Waals surface area contributed by atoms with Crippen molar-refractivity contribution in [2.24, 2.45) is 0 Å². The Morgan fingerprint density at radius 3 is 2.60 bits per heavy atom. The highest BCUT2D eigenvalue weighted by atomic mass is 32.1. The Bertz CT molecular complexity index is 1470. The molecular formula is C25H26N6O3S. The molecule has 5 rings (SSSR count). The van der Waals surface area contributed by atoms with Crippen molar-refractivity contribution in [1.82, 2.24) is 29.5 Å². The van der Waals surface area contributed by atoms with E-state index in [9.17, 15) is 9.59 Å². The fourth-order valence-corrected chi connectivity index (χ4v) is 4.54. The fraction of sp³-hybridized carbons (Fsp3) is 0.320. The van der Waals surface area contributed by atoms with Gasteiger partial charge in [0.05, 0.1) is 17.4 Å². The first-order valence-electron chi connectivity index (χ1n) is 11.6. The standard InChI is InChI=1S/C25H26N6O3S/c1-17-6-8-18(9-7-17)23-27-21(34-28-23)16-29-12-14-30(15-13-29)22(32)10-11-31-24(33)19-4-2-3-5-20(19)26-25(31)35/h2-9H,10-16H2,1H3,(H,26,35). The van der Waals surface area contributed by atoms with Gasteiger partial charge >= 0.3 is 0 Å². The van der Waals surface area contributed by atoms with E-state index in [-0.39, 0.29) is 24.4 Å². The summed E-state index contributed by atoms with van der Waals surface area (Å²) in [5.41, 5.74) is 2.63. The summed E-state index contributed by atoms with van der Waals surface area (Å²) < 4.78 is 7.23. The lowest BCUT2D eigenvalue weighted by Gasteiger charge is -2.34.